The van der Waals surface area contributed by atoms with Crippen molar-refractivity contribution in [3.8, 4) is 5.75 Å². The van der Waals surface area contributed by atoms with Gasteiger partial charge in [0.1, 0.15) is 11.5 Å². The molecule has 3 aliphatic carbocycles. The van der Waals surface area contributed by atoms with Gasteiger partial charge in [-0.15, -0.1) is 12.4 Å². The molecule has 3 fully saturated rings. The number of ketones is 1. The van der Waals surface area contributed by atoms with Gasteiger partial charge >= 0.3 is 0 Å². The fraction of sp³-hybridized carbons (Fsp3) is 0.682. The second-order valence-electron chi connectivity index (χ2n) is 8.79. The van der Waals surface area contributed by atoms with Gasteiger partial charge in [-0.25, -0.2) is 0 Å². The number of ether oxygens (including phenoxy) is 2. The smallest absolute Gasteiger partial charge is 0.134 e. The van der Waals surface area contributed by atoms with Gasteiger partial charge in [-0.3, -0.25) is 9.69 Å². The van der Waals surface area contributed by atoms with Gasteiger partial charge in [-0.1, -0.05) is 12.1 Å². The van der Waals surface area contributed by atoms with Crippen LogP contribution in [0.2, 0.25) is 0 Å². The van der Waals surface area contributed by atoms with Crippen LogP contribution in [0.1, 0.15) is 49.7 Å². The molecule has 0 radical (unpaired) electrons. The van der Waals surface area contributed by atoms with E-state index in [2.05, 4.69) is 23.1 Å². The minimum atomic E-state index is -0.268. The summed E-state index contributed by atoms with van der Waals surface area (Å²) in [7, 11) is 3.62. The third-order valence-electron chi connectivity index (χ3n) is 7.67. The van der Waals surface area contributed by atoms with Crippen LogP contribution in [-0.4, -0.2) is 49.6 Å². The lowest BCUT2D eigenvalue weighted by Crippen LogP contribution is -2.74. The fourth-order valence-corrected chi connectivity index (χ4v) is 6.38. The molecule has 4 aliphatic rings. The second-order valence-corrected chi connectivity index (χ2v) is 8.79. The third kappa shape index (κ3) is 2.60. The molecule has 5 rings (SSSR count). The highest BCUT2D eigenvalue weighted by molar-refractivity contribution is 5.85. The SMILES string of the molecule is COc1cccc2c1[C@]13CCN(CC4CC4)[C@H](C2)[C@]1(OC)CCC(=O)C3.Cl. The van der Waals surface area contributed by atoms with Crippen LogP contribution in [0.5, 0.6) is 5.75 Å². The Hall–Kier alpha value is -1.10. The van der Waals surface area contributed by atoms with Gasteiger partial charge in [-0.05, 0) is 56.2 Å². The summed E-state index contributed by atoms with van der Waals surface area (Å²) in [6.07, 6.45) is 6.82. The van der Waals surface area contributed by atoms with Gasteiger partial charge in [0.25, 0.3) is 0 Å². The van der Waals surface area contributed by atoms with Crippen LogP contribution < -0.4 is 4.74 Å². The van der Waals surface area contributed by atoms with E-state index in [9.17, 15) is 4.79 Å². The van der Waals surface area contributed by atoms with Crippen LogP contribution in [0, 0.1) is 5.92 Å². The Balaban J connectivity index is 0.00000180. The normalized spacial score (nSPS) is 35.0. The number of piperidine rings is 1. The number of rotatable bonds is 4. The number of methoxy groups -OCH3 is 2. The highest BCUT2D eigenvalue weighted by Gasteiger charge is 2.66. The van der Waals surface area contributed by atoms with E-state index in [0.717, 1.165) is 37.5 Å². The summed E-state index contributed by atoms with van der Waals surface area (Å²) in [6, 6.07) is 6.77. The monoisotopic (exact) mass is 391 g/mol. The molecule has 3 atom stereocenters. The molecule has 148 valence electrons. The first kappa shape index (κ1) is 19.2. The molecule has 0 spiro atoms. The number of Topliss-reactive ketones (excluding diaryl/α,β-unsaturated/α-hetero) is 1. The largest absolute Gasteiger partial charge is 0.496 e. The van der Waals surface area contributed by atoms with E-state index in [4.69, 9.17) is 9.47 Å². The lowest BCUT2D eigenvalue weighted by molar-refractivity contribution is -0.188. The number of carbonyl (C=O) groups is 1. The van der Waals surface area contributed by atoms with E-state index in [1.807, 2.05) is 7.11 Å². The molecule has 0 unspecified atom stereocenters. The lowest BCUT2D eigenvalue weighted by atomic mass is 9.49. The first-order valence-electron chi connectivity index (χ1n) is 10.1. The number of carbonyl (C=O) groups excluding carboxylic acids is 1. The summed E-state index contributed by atoms with van der Waals surface area (Å²) in [4.78, 5) is 15.3. The van der Waals surface area contributed by atoms with Crippen LogP contribution in [0.25, 0.3) is 0 Å². The zero-order valence-corrected chi connectivity index (χ0v) is 17.1. The van der Waals surface area contributed by atoms with E-state index in [1.165, 1.54) is 30.5 Å². The molecule has 2 bridgehead atoms. The zero-order chi connectivity index (χ0) is 17.9. The van der Waals surface area contributed by atoms with Gasteiger partial charge < -0.3 is 9.47 Å². The summed E-state index contributed by atoms with van der Waals surface area (Å²) in [6.45, 7) is 2.26. The van der Waals surface area contributed by atoms with Crippen molar-refractivity contribution in [2.45, 2.75) is 62.0 Å². The van der Waals surface area contributed by atoms with Crippen molar-refractivity contribution < 1.29 is 14.3 Å². The predicted octanol–water partition coefficient (Wildman–Crippen LogP) is 3.53. The summed E-state index contributed by atoms with van der Waals surface area (Å²) >= 11 is 0. The Kier molecular flexibility index (Phi) is 4.81. The Bertz CT molecular complexity index is 749. The van der Waals surface area contributed by atoms with E-state index in [0.29, 0.717) is 24.7 Å². The first-order chi connectivity index (χ1) is 12.6. The van der Waals surface area contributed by atoms with Crippen molar-refractivity contribution in [2.75, 3.05) is 27.3 Å². The predicted molar refractivity (Wildman–Crippen MR) is 107 cm³/mol. The molecule has 2 saturated carbocycles. The quantitative estimate of drug-likeness (QED) is 0.787. The number of benzene rings is 1. The molecule has 0 N–H and O–H groups in total. The number of halogens is 1. The number of fused-ring (bicyclic) bond motifs is 1. The molecular formula is C22H30ClNO3. The molecule has 1 saturated heterocycles. The highest BCUT2D eigenvalue weighted by atomic mass is 35.5. The molecule has 5 heteroatoms. The topological polar surface area (TPSA) is 38.8 Å². The van der Waals surface area contributed by atoms with Gasteiger partial charge in [0.15, 0.2) is 0 Å². The van der Waals surface area contributed by atoms with Crippen molar-refractivity contribution in [1.29, 1.82) is 0 Å². The molecule has 1 heterocycles. The third-order valence-corrected chi connectivity index (χ3v) is 7.67. The van der Waals surface area contributed by atoms with Crippen LogP contribution in [-0.2, 0) is 21.4 Å². The van der Waals surface area contributed by atoms with E-state index in [1.54, 1.807) is 7.11 Å². The zero-order valence-electron chi connectivity index (χ0n) is 16.3. The minimum absolute atomic E-state index is 0. The molecule has 0 amide bonds. The number of hydrogen-bond acceptors (Lipinski definition) is 4. The Labute approximate surface area is 168 Å². The fourth-order valence-electron chi connectivity index (χ4n) is 6.38. The molecule has 1 aromatic carbocycles. The van der Waals surface area contributed by atoms with E-state index in [-0.39, 0.29) is 23.4 Å². The lowest BCUT2D eigenvalue weighted by Gasteiger charge is -2.65. The molecule has 27 heavy (non-hydrogen) atoms. The van der Waals surface area contributed by atoms with Gasteiger partial charge in [0.2, 0.25) is 0 Å². The summed E-state index contributed by atoms with van der Waals surface area (Å²) in [5, 5.41) is 0. The maximum Gasteiger partial charge on any atom is 0.134 e. The van der Waals surface area contributed by atoms with Crippen molar-refractivity contribution in [1.82, 2.24) is 4.90 Å². The van der Waals surface area contributed by atoms with E-state index < -0.39 is 0 Å². The van der Waals surface area contributed by atoms with Crippen LogP contribution in [0.15, 0.2) is 18.2 Å². The van der Waals surface area contributed by atoms with Crippen molar-refractivity contribution in [3.05, 3.63) is 29.3 Å². The van der Waals surface area contributed by atoms with Crippen molar-refractivity contribution in [3.63, 3.8) is 0 Å². The van der Waals surface area contributed by atoms with Gasteiger partial charge in [0, 0.05) is 43.5 Å². The Morgan fingerprint density at radius 3 is 2.74 bits per heavy atom. The average Bonchev–Trinajstić information content (AvgIpc) is 3.47. The molecule has 1 aromatic rings. The number of likely N-dealkylation sites (tertiary alicyclic amines) is 1. The van der Waals surface area contributed by atoms with Crippen LogP contribution in [0.4, 0.5) is 0 Å². The first-order valence-corrected chi connectivity index (χ1v) is 10.1. The van der Waals surface area contributed by atoms with Crippen molar-refractivity contribution in [2.24, 2.45) is 5.92 Å². The van der Waals surface area contributed by atoms with Gasteiger partial charge in [-0.2, -0.15) is 0 Å². The molecule has 4 nitrogen and oxygen atoms in total. The molecule has 1 aliphatic heterocycles. The summed E-state index contributed by atoms with van der Waals surface area (Å²) in [5.41, 5.74) is 2.12. The van der Waals surface area contributed by atoms with Gasteiger partial charge in [0.05, 0.1) is 12.7 Å². The molecular weight excluding hydrogens is 362 g/mol. The summed E-state index contributed by atoms with van der Waals surface area (Å²) in [5.74, 6) is 2.19. The van der Waals surface area contributed by atoms with Crippen LogP contribution >= 0.6 is 12.4 Å². The Morgan fingerprint density at radius 1 is 1.22 bits per heavy atom. The summed E-state index contributed by atoms with van der Waals surface area (Å²) < 4.78 is 12.2. The van der Waals surface area contributed by atoms with E-state index >= 15 is 0 Å². The second kappa shape index (κ2) is 6.75. The number of nitrogens with zero attached hydrogens (tertiary/aromatic N) is 1. The number of hydrogen-bond donors (Lipinski definition) is 0. The maximum atomic E-state index is 12.6. The Morgan fingerprint density at radius 2 is 2.04 bits per heavy atom. The standard InChI is InChI=1S/C22H29NO3.ClH/c1-25-18-5-3-4-16-12-19-22(26-2)9-8-17(24)13-21(22,20(16)18)10-11-23(19)14-15-6-7-15;/h3-5,15,19H,6-14H2,1-2H3;1H/t19-,21-,22-;/m1./s1. The van der Waals surface area contributed by atoms with Crippen LogP contribution in [0.3, 0.4) is 0 Å². The minimum Gasteiger partial charge on any atom is -0.496 e. The van der Waals surface area contributed by atoms with Crippen molar-refractivity contribution >= 4 is 18.2 Å². The highest BCUT2D eigenvalue weighted by Crippen LogP contribution is 2.61. The average molecular weight is 392 g/mol. The molecule has 0 aromatic heterocycles. The maximum absolute atomic E-state index is 12.6.